The molecule has 0 unspecified atom stereocenters. The van der Waals surface area contributed by atoms with Crippen LogP contribution in [0.1, 0.15) is 18.4 Å². The van der Waals surface area contributed by atoms with E-state index in [1.807, 2.05) is 0 Å². The van der Waals surface area contributed by atoms with Crippen molar-refractivity contribution in [3.8, 4) is 17.2 Å². The van der Waals surface area contributed by atoms with Crippen LogP contribution < -0.4 is 24.8 Å². The number of fused-ring (bicyclic) bond motifs is 1. The van der Waals surface area contributed by atoms with Gasteiger partial charge in [0, 0.05) is 36.8 Å². The first-order valence-electron chi connectivity index (χ1n) is 10.8. The molecule has 1 fully saturated rings. The second-order valence-corrected chi connectivity index (χ2v) is 10.1. The van der Waals surface area contributed by atoms with Crippen LogP contribution in [-0.2, 0) is 19.6 Å². The molecule has 1 saturated heterocycles. The third-order valence-corrected chi connectivity index (χ3v) is 8.04. The Morgan fingerprint density at radius 1 is 1.12 bits per heavy atom. The van der Waals surface area contributed by atoms with E-state index < -0.39 is 10.0 Å². The number of anilines is 2. The van der Waals surface area contributed by atoms with Gasteiger partial charge in [0.25, 0.3) is 5.91 Å². The lowest BCUT2D eigenvalue weighted by atomic mass is 9.97. The second kappa shape index (κ2) is 9.51. The van der Waals surface area contributed by atoms with Gasteiger partial charge in [-0.25, -0.2) is 8.42 Å². The van der Waals surface area contributed by atoms with Crippen LogP contribution in [0.4, 0.5) is 11.4 Å². The van der Waals surface area contributed by atoms with E-state index in [4.69, 9.17) is 14.2 Å². The van der Waals surface area contributed by atoms with Gasteiger partial charge in [-0.15, -0.1) is 0 Å². The third-order valence-electron chi connectivity index (χ3n) is 6.00. The molecular formula is C23H27N3O7S. The Labute approximate surface area is 198 Å². The minimum atomic E-state index is -3.79. The molecule has 182 valence electrons. The average Bonchev–Trinajstić information content (AvgIpc) is 2.83. The molecule has 2 aromatic rings. The molecule has 0 bridgehead atoms. The highest BCUT2D eigenvalue weighted by Crippen LogP contribution is 2.35. The van der Waals surface area contributed by atoms with Crippen molar-refractivity contribution < 1.29 is 32.2 Å². The molecule has 0 spiro atoms. The number of rotatable bonds is 6. The zero-order valence-corrected chi connectivity index (χ0v) is 20.0. The number of methoxy groups -OCH3 is 2. The number of benzene rings is 2. The molecule has 34 heavy (non-hydrogen) atoms. The summed E-state index contributed by atoms with van der Waals surface area (Å²) in [4.78, 5) is 24.4. The average molecular weight is 490 g/mol. The van der Waals surface area contributed by atoms with Crippen LogP contribution in [0.2, 0.25) is 0 Å². The monoisotopic (exact) mass is 489 g/mol. The van der Waals surface area contributed by atoms with Gasteiger partial charge in [0.15, 0.2) is 18.1 Å². The summed E-state index contributed by atoms with van der Waals surface area (Å²) in [5.41, 5.74) is 1.55. The Bertz CT molecular complexity index is 1220. The molecule has 0 aliphatic carbocycles. The summed E-state index contributed by atoms with van der Waals surface area (Å²) in [6.45, 7) is 1.97. The predicted octanol–water partition coefficient (Wildman–Crippen LogP) is 2.38. The number of hydrogen-bond donors (Lipinski definition) is 2. The van der Waals surface area contributed by atoms with E-state index in [-0.39, 0.29) is 42.3 Å². The quantitative estimate of drug-likeness (QED) is 0.639. The zero-order chi connectivity index (χ0) is 24.5. The van der Waals surface area contributed by atoms with Crippen molar-refractivity contribution >= 4 is 33.2 Å². The van der Waals surface area contributed by atoms with Crippen LogP contribution in [0.5, 0.6) is 17.2 Å². The highest BCUT2D eigenvalue weighted by Gasteiger charge is 2.34. The van der Waals surface area contributed by atoms with E-state index in [2.05, 4.69) is 10.6 Å². The first-order chi connectivity index (χ1) is 16.2. The van der Waals surface area contributed by atoms with Crippen molar-refractivity contribution in [2.75, 3.05) is 44.5 Å². The lowest BCUT2D eigenvalue weighted by molar-refractivity contribution is -0.121. The van der Waals surface area contributed by atoms with E-state index >= 15 is 0 Å². The summed E-state index contributed by atoms with van der Waals surface area (Å²) in [5.74, 6) is 0.624. The van der Waals surface area contributed by atoms with Gasteiger partial charge in [0.1, 0.15) is 5.75 Å². The topological polar surface area (TPSA) is 123 Å². The summed E-state index contributed by atoms with van der Waals surface area (Å²) < 4.78 is 43.9. The number of nitrogens with one attached hydrogen (secondary N) is 2. The SMILES string of the molecule is COc1ccc(NC(=O)C2CCN(S(=O)(=O)c3cc4c(cc3C)NC(=O)CO4)CC2)cc1OC. The van der Waals surface area contributed by atoms with Crippen LogP contribution in [0.3, 0.4) is 0 Å². The normalized spacial score (nSPS) is 16.7. The van der Waals surface area contributed by atoms with Gasteiger partial charge in [0.2, 0.25) is 15.9 Å². The summed E-state index contributed by atoms with van der Waals surface area (Å²) in [6.07, 6.45) is 0.795. The Balaban J connectivity index is 1.42. The molecule has 11 heteroatoms. The third kappa shape index (κ3) is 4.66. The number of hydrogen-bond acceptors (Lipinski definition) is 7. The molecular weight excluding hydrogens is 462 g/mol. The first kappa shape index (κ1) is 23.8. The Hall–Kier alpha value is -3.31. The predicted molar refractivity (Wildman–Crippen MR) is 125 cm³/mol. The summed E-state index contributed by atoms with van der Waals surface area (Å²) in [6, 6.07) is 8.17. The van der Waals surface area contributed by atoms with Gasteiger partial charge >= 0.3 is 0 Å². The number of carbonyl (C=O) groups is 2. The summed E-state index contributed by atoms with van der Waals surface area (Å²) in [5, 5.41) is 5.56. The standard InChI is InChI=1S/C23H27N3O7S/c1-14-10-17-19(33-13-22(27)25-17)12-21(14)34(29,30)26-8-6-15(7-9-26)23(28)24-16-4-5-18(31-2)20(11-16)32-3/h4-5,10-12,15H,6-9,13H2,1-3H3,(H,24,28)(H,25,27). The maximum Gasteiger partial charge on any atom is 0.262 e. The molecule has 0 atom stereocenters. The number of piperidine rings is 1. The second-order valence-electron chi connectivity index (χ2n) is 8.19. The zero-order valence-electron chi connectivity index (χ0n) is 19.2. The van der Waals surface area contributed by atoms with Crippen molar-refractivity contribution in [1.29, 1.82) is 0 Å². The molecule has 2 amide bonds. The molecule has 2 aromatic carbocycles. The van der Waals surface area contributed by atoms with Crippen molar-refractivity contribution in [3.05, 3.63) is 35.9 Å². The molecule has 10 nitrogen and oxygen atoms in total. The number of amides is 2. The van der Waals surface area contributed by atoms with E-state index in [0.29, 0.717) is 47.0 Å². The lowest BCUT2D eigenvalue weighted by Gasteiger charge is -2.31. The first-order valence-corrected chi connectivity index (χ1v) is 12.3. The molecule has 0 saturated carbocycles. The van der Waals surface area contributed by atoms with Crippen LogP contribution in [0.25, 0.3) is 0 Å². The number of sulfonamides is 1. The fourth-order valence-corrected chi connectivity index (χ4v) is 5.84. The molecule has 2 aliphatic heterocycles. The molecule has 4 rings (SSSR count). The molecule has 0 aromatic heterocycles. The van der Waals surface area contributed by atoms with Crippen LogP contribution in [0, 0.1) is 12.8 Å². The Morgan fingerprint density at radius 2 is 1.82 bits per heavy atom. The largest absolute Gasteiger partial charge is 0.493 e. The minimum Gasteiger partial charge on any atom is -0.493 e. The highest BCUT2D eigenvalue weighted by atomic mass is 32.2. The molecule has 2 N–H and O–H groups in total. The van der Waals surface area contributed by atoms with E-state index in [0.717, 1.165) is 0 Å². The minimum absolute atomic E-state index is 0.135. The summed E-state index contributed by atoms with van der Waals surface area (Å²) >= 11 is 0. The van der Waals surface area contributed by atoms with Crippen molar-refractivity contribution in [1.82, 2.24) is 4.31 Å². The number of aryl methyl sites for hydroxylation is 1. The van der Waals surface area contributed by atoms with Gasteiger partial charge < -0.3 is 24.8 Å². The fraction of sp³-hybridized carbons (Fsp3) is 0.391. The number of nitrogens with zero attached hydrogens (tertiary/aromatic N) is 1. The van der Waals surface area contributed by atoms with Gasteiger partial charge in [-0.3, -0.25) is 9.59 Å². The maximum atomic E-state index is 13.3. The van der Waals surface area contributed by atoms with Crippen molar-refractivity contribution in [2.45, 2.75) is 24.7 Å². The highest BCUT2D eigenvalue weighted by molar-refractivity contribution is 7.89. The van der Waals surface area contributed by atoms with Gasteiger partial charge in [-0.05, 0) is 43.5 Å². The van der Waals surface area contributed by atoms with Crippen LogP contribution in [-0.4, -0.2) is 58.5 Å². The number of ether oxygens (including phenoxy) is 3. The van der Waals surface area contributed by atoms with Crippen LogP contribution in [0.15, 0.2) is 35.2 Å². The van der Waals surface area contributed by atoms with E-state index in [1.54, 1.807) is 31.2 Å². The van der Waals surface area contributed by atoms with Crippen molar-refractivity contribution in [2.24, 2.45) is 5.92 Å². The molecule has 0 radical (unpaired) electrons. The fourth-order valence-electron chi connectivity index (χ4n) is 4.15. The summed E-state index contributed by atoms with van der Waals surface area (Å²) in [7, 11) is -0.730. The maximum absolute atomic E-state index is 13.3. The Kier molecular flexibility index (Phi) is 6.67. The molecule has 2 aliphatic rings. The smallest absolute Gasteiger partial charge is 0.262 e. The van der Waals surface area contributed by atoms with Crippen molar-refractivity contribution in [3.63, 3.8) is 0 Å². The lowest BCUT2D eigenvalue weighted by Crippen LogP contribution is -2.41. The van der Waals surface area contributed by atoms with Crippen LogP contribution >= 0.6 is 0 Å². The van der Waals surface area contributed by atoms with Gasteiger partial charge in [0.05, 0.1) is 24.8 Å². The van der Waals surface area contributed by atoms with E-state index in [9.17, 15) is 18.0 Å². The Morgan fingerprint density at radius 3 is 2.50 bits per heavy atom. The molecule has 2 heterocycles. The number of carbonyl (C=O) groups excluding carboxylic acids is 2. The van der Waals surface area contributed by atoms with Gasteiger partial charge in [-0.1, -0.05) is 0 Å². The van der Waals surface area contributed by atoms with E-state index in [1.165, 1.54) is 24.6 Å². The van der Waals surface area contributed by atoms with Gasteiger partial charge in [-0.2, -0.15) is 4.31 Å².